The maximum Gasteiger partial charge on any atom is 0.189 e. The van der Waals surface area contributed by atoms with Crippen LogP contribution in [0, 0.1) is 0 Å². The molecule has 3 N–H and O–H groups in total. The fourth-order valence-electron chi connectivity index (χ4n) is 2.03. The largest absolute Gasteiger partial charge is 0.370 e. The zero-order valence-corrected chi connectivity index (χ0v) is 8.13. The quantitative estimate of drug-likeness (QED) is 0.499. The van der Waals surface area contributed by atoms with Gasteiger partial charge in [0, 0.05) is 6.04 Å². The summed E-state index contributed by atoms with van der Waals surface area (Å²) in [4.78, 5) is 4.48. The number of guanidine groups is 1. The maximum absolute atomic E-state index is 5.80. The van der Waals surface area contributed by atoms with E-state index in [0.717, 1.165) is 0 Å². The summed E-state index contributed by atoms with van der Waals surface area (Å²) in [5.41, 5.74) is 5.80. The fourth-order valence-corrected chi connectivity index (χ4v) is 2.03. The summed E-state index contributed by atoms with van der Waals surface area (Å²) in [7, 11) is 0. The highest BCUT2D eigenvalue weighted by atomic mass is 15.1. The van der Waals surface area contributed by atoms with Gasteiger partial charge in [-0.3, -0.25) is 4.99 Å². The molecule has 2 fully saturated rings. The molecule has 2 saturated carbocycles. The molecule has 0 bridgehead atoms. The number of hydrogen-bond donors (Lipinski definition) is 2. The second kappa shape index (κ2) is 3.99. The second-order valence-corrected chi connectivity index (χ2v) is 4.22. The van der Waals surface area contributed by atoms with E-state index < -0.39 is 0 Å². The number of hydrogen-bond acceptors (Lipinski definition) is 1. The minimum absolute atomic E-state index is 0.507. The SMILES string of the molecule is NC(=NC1CCCC1)NC1CCC1. The lowest BCUT2D eigenvalue weighted by molar-refractivity contribution is 0.381. The van der Waals surface area contributed by atoms with Crippen molar-refractivity contribution in [2.75, 3.05) is 0 Å². The zero-order valence-electron chi connectivity index (χ0n) is 8.13. The Kier molecular flexibility index (Phi) is 2.71. The lowest BCUT2D eigenvalue weighted by Crippen LogP contribution is -2.44. The van der Waals surface area contributed by atoms with Crippen LogP contribution in [0.25, 0.3) is 0 Å². The molecule has 0 amide bonds. The predicted octanol–water partition coefficient (Wildman–Crippen LogP) is 1.39. The van der Waals surface area contributed by atoms with E-state index >= 15 is 0 Å². The predicted molar refractivity (Wildman–Crippen MR) is 54.7 cm³/mol. The molecule has 2 aliphatic rings. The zero-order chi connectivity index (χ0) is 9.10. The molecule has 0 radical (unpaired) electrons. The average molecular weight is 181 g/mol. The molecule has 3 heteroatoms. The van der Waals surface area contributed by atoms with Gasteiger partial charge in [-0.1, -0.05) is 12.8 Å². The normalized spacial score (nSPS) is 26.0. The number of nitrogens with two attached hydrogens (primary N) is 1. The van der Waals surface area contributed by atoms with Crippen LogP contribution in [0.2, 0.25) is 0 Å². The topological polar surface area (TPSA) is 50.4 Å². The van der Waals surface area contributed by atoms with Crippen LogP contribution in [0.5, 0.6) is 0 Å². The number of rotatable bonds is 2. The van der Waals surface area contributed by atoms with Gasteiger partial charge in [-0.05, 0) is 32.1 Å². The molecule has 0 aromatic rings. The third kappa shape index (κ3) is 2.36. The van der Waals surface area contributed by atoms with Gasteiger partial charge in [-0.25, -0.2) is 0 Å². The van der Waals surface area contributed by atoms with Crippen molar-refractivity contribution in [1.82, 2.24) is 5.32 Å². The van der Waals surface area contributed by atoms with Crippen LogP contribution in [-0.4, -0.2) is 18.0 Å². The molecule has 0 aromatic carbocycles. The smallest absolute Gasteiger partial charge is 0.189 e. The van der Waals surface area contributed by atoms with Gasteiger partial charge in [0.05, 0.1) is 6.04 Å². The summed E-state index contributed by atoms with van der Waals surface area (Å²) in [6, 6.07) is 1.12. The highest BCUT2D eigenvalue weighted by Crippen LogP contribution is 2.21. The van der Waals surface area contributed by atoms with E-state index in [-0.39, 0.29) is 0 Å². The van der Waals surface area contributed by atoms with Crippen molar-refractivity contribution in [2.45, 2.75) is 57.0 Å². The summed E-state index contributed by atoms with van der Waals surface area (Å²) >= 11 is 0. The first-order valence-electron chi connectivity index (χ1n) is 5.44. The summed E-state index contributed by atoms with van der Waals surface area (Å²) in [6.07, 6.45) is 8.98. The highest BCUT2D eigenvalue weighted by Gasteiger charge is 2.19. The Labute approximate surface area is 79.8 Å². The molecule has 0 saturated heterocycles. The van der Waals surface area contributed by atoms with Gasteiger partial charge in [-0.2, -0.15) is 0 Å². The molecule has 0 heterocycles. The van der Waals surface area contributed by atoms with Crippen LogP contribution in [0.15, 0.2) is 4.99 Å². The molecule has 3 nitrogen and oxygen atoms in total. The molecule has 74 valence electrons. The Hall–Kier alpha value is -0.730. The Bertz CT molecular complexity index is 190. The molecule has 0 unspecified atom stereocenters. The first kappa shape index (κ1) is 8.85. The van der Waals surface area contributed by atoms with Crippen molar-refractivity contribution in [3.63, 3.8) is 0 Å². The summed E-state index contributed by atoms with van der Waals surface area (Å²) in [5.74, 6) is 0.677. The third-order valence-electron chi connectivity index (χ3n) is 3.10. The van der Waals surface area contributed by atoms with Crippen molar-refractivity contribution >= 4 is 5.96 Å². The van der Waals surface area contributed by atoms with Crippen molar-refractivity contribution in [1.29, 1.82) is 0 Å². The minimum atomic E-state index is 0.507. The fraction of sp³-hybridized carbons (Fsp3) is 0.900. The van der Waals surface area contributed by atoms with E-state index in [1.54, 1.807) is 0 Å². The van der Waals surface area contributed by atoms with Gasteiger partial charge in [0.2, 0.25) is 0 Å². The number of aliphatic imine (C=N–C) groups is 1. The number of nitrogens with zero attached hydrogens (tertiary/aromatic N) is 1. The summed E-state index contributed by atoms with van der Waals surface area (Å²) in [6.45, 7) is 0. The molecule has 2 rings (SSSR count). The van der Waals surface area contributed by atoms with Crippen LogP contribution < -0.4 is 11.1 Å². The third-order valence-corrected chi connectivity index (χ3v) is 3.10. The van der Waals surface area contributed by atoms with E-state index in [1.807, 2.05) is 0 Å². The second-order valence-electron chi connectivity index (χ2n) is 4.22. The van der Waals surface area contributed by atoms with Crippen LogP contribution >= 0.6 is 0 Å². The van der Waals surface area contributed by atoms with E-state index in [0.29, 0.717) is 18.0 Å². The van der Waals surface area contributed by atoms with E-state index in [9.17, 15) is 0 Å². The van der Waals surface area contributed by atoms with E-state index in [4.69, 9.17) is 5.73 Å². The molecule has 0 atom stereocenters. The maximum atomic E-state index is 5.80. The van der Waals surface area contributed by atoms with Crippen molar-refractivity contribution in [2.24, 2.45) is 10.7 Å². The van der Waals surface area contributed by atoms with Crippen LogP contribution in [-0.2, 0) is 0 Å². The molecule has 13 heavy (non-hydrogen) atoms. The molecular formula is C10H19N3. The molecule has 2 aliphatic carbocycles. The first-order chi connectivity index (χ1) is 6.34. The van der Waals surface area contributed by atoms with Crippen LogP contribution in [0.4, 0.5) is 0 Å². The monoisotopic (exact) mass is 181 g/mol. The summed E-state index contributed by atoms with van der Waals surface area (Å²) in [5, 5.41) is 3.27. The van der Waals surface area contributed by atoms with Gasteiger partial charge in [0.25, 0.3) is 0 Å². The average Bonchev–Trinajstić information content (AvgIpc) is 2.49. The summed E-state index contributed by atoms with van der Waals surface area (Å²) < 4.78 is 0. The van der Waals surface area contributed by atoms with Crippen molar-refractivity contribution in [3.05, 3.63) is 0 Å². The van der Waals surface area contributed by atoms with Gasteiger partial charge in [0.15, 0.2) is 5.96 Å². The van der Waals surface area contributed by atoms with Gasteiger partial charge < -0.3 is 11.1 Å². The Balaban J connectivity index is 1.76. The van der Waals surface area contributed by atoms with E-state index in [2.05, 4.69) is 10.3 Å². The molecule has 0 aliphatic heterocycles. The highest BCUT2D eigenvalue weighted by molar-refractivity contribution is 5.78. The molecule has 0 aromatic heterocycles. The van der Waals surface area contributed by atoms with Crippen LogP contribution in [0.3, 0.4) is 0 Å². The van der Waals surface area contributed by atoms with Gasteiger partial charge in [0.1, 0.15) is 0 Å². The lowest BCUT2D eigenvalue weighted by atomic mass is 9.93. The Morgan fingerprint density at radius 3 is 2.31 bits per heavy atom. The Morgan fingerprint density at radius 1 is 1.08 bits per heavy atom. The number of nitrogens with one attached hydrogen (secondary N) is 1. The van der Waals surface area contributed by atoms with E-state index in [1.165, 1.54) is 44.9 Å². The van der Waals surface area contributed by atoms with Gasteiger partial charge >= 0.3 is 0 Å². The van der Waals surface area contributed by atoms with Crippen molar-refractivity contribution in [3.8, 4) is 0 Å². The Morgan fingerprint density at radius 2 is 1.77 bits per heavy atom. The van der Waals surface area contributed by atoms with Crippen molar-refractivity contribution < 1.29 is 0 Å². The molecular weight excluding hydrogens is 162 g/mol. The van der Waals surface area contributed by atoms with Gasteiger partial charge in [-0.15, -0.1) is 0 Å². The standard InChI is InChI=1S/C10H19N3/c11-10(13-9-6-3-7-9)12-8-4-1-2-5-8/h8-9H,1-7H2,(H3,11,12,13). The lowest BCUT2D eigenvalue weighted by Gasteiger charge is -2.27. The minimum Gasteiger partial charge on any atom is -0.370 e. The first-order valence-corrected chi connectivity index (χ1v) is 5.44. The molecule has 0 spiro atoms. The van der Waals surface area contributed by atoms with Crippen LogP contribution in [0.1, 0.15) is 44.9 Å².